The van der Waals surface area contributed by atoms with E-state index in [4.69, 9.17) is 5.11 Å². The second-order valence-electron chi connectivity index (χ2n) is 1.34. The highest BCUT2D eigenvalue weighted by molar-refractivity contribution is 5.57. The Morgan fingerprint density at radius 2 is 2.43 bits per heavy atom. The molecule has 0 atom stereocenters. The maximum atomic E-state index is 8.52. The van der Waals surface area contributed by atoms with Gasteiger partial charge in [0.15, 0.2) is 0 Å². The molecule has 0 fully saturated rings. The predicted molar refractivity (Wildman–Crippen MR) is 20.4 cm³/mol. The van der Waals surface area contributed by atoms with Crippen molar-refractivity contribution in [3.63, 3.8) is 0 Å². The zero-order valence-electron chi connectivity index (χ0n) is 3.34. The lowest BCUT2D eigenvalue weighted by Gasteiger charge is -1.76. The first-order chi connectivity index (χ1) is 3.38. The molecule has 2 heterocycles. The van der Waals surface area contributed by atoms with E-state index in [-0.39, 0.29) is 5.95 Å². The third-order valence-electron chi connectivity index (χ3n) is 0.866. The van der Waals surface area contributed by atoms with E-state index in [1.807, 2.05) is 0 Å². The third-order valence-corrected chi connectivity index (χ3v) is 0.866. The maximum Gasteiger partial charge on any atom is 0.330 e. The summed E-state index contributed by atoms with van der Waals surface area (Å²) in [5, 5.41) is 8.52. The molecular formula is C4H2O3. The molecule has 0 saturated heterocycles. The molecule has 1 N–H and O–H groups in total. The minimum atomic E-state index is -0.116. The zero-order valence-corrected chi connectivity index (χ0v) is 3.34. The van der Waals surface area contributed by atoms with Crippen molar-refractivity contribution in [1.29, 1.82) is 0 Å². The lowest BCUT2D eigenvalue weighted by atomic mass is 10.7. The number of hydrogen-bond donors (Lipinski definition) is 1. The van der Waals surface area contributed by atoms with Gasteiger partial charge in [0.05, 0.1) is 0 Å². The minimum absolute atomic E-state index is 0.116. The number of hydrogen-bond acceptors (Lipinski definition) is 3. The molecule has 0 amide bonds. The highest BCUT2D eigenvalue weighted by Gasteiger charge is 2.29. The van der Waals surface area contributed by atoms with Crippen LogP contribution < -0.4 is 4.74 Å². The third kappa shape index (κ3) is 0.210. The number of rotatable bonds is 0. The molecule has 1 aliphatic rings. The molecular weight excluding hydrogens is 96.0 g/mol. The number of fused-ring (bicyclic) bond motifs is 1. The predicted octanol–water partition coefficient (Wildman–Crippen LogP) is 1.09. The lowest BCUT2D eigenvalue weighted by Crippen LogP contribution is -1.52. The molecule has 0 unspecified atom stereocenters. The van der Waals surface area contributed by atoms with Gasteiger partial charge in [-0.05, 0) is 0 Å². The smallest absolute Gasteiger partial charge is 0.330 e. The Morgan fingerprint density at radius 1 is 1.57 bits per heavy atom. The summed E-state index contributed by atoms with van der Waals surface area (Å²) >= 11 is 0. The molecule has 3 nitrogen and oxygen atoms in total. The van der Waals surface area contributed by atoms with Crippen LogP contribution in [0, 0.1) is 0 Å². The van der Waals surface area contributed by atoms with Crippen LogP contribution in [0.15, 0.2) is 10.7 Å². The van der Waals surface area contributed by atoms with Crippen LogP contribution in [0.4, 0.5) is 0 Å². The van der Waals surface area contributed by atoms with Gasteiger partial charge in [-0.25, -0.2) is 0 Å². The summed E-state index contributed by atoms with van der Waals surface area (Å²) in [6.45, 7) is 0. The molecule has 0 aromatic carbocycles. The van der Waals surface area contributed by atoms with Crippen LogP contribution >= 0.6 is 0 Å². The lowest BCUT2D eigenvalue weighted by molar-refractivity contribution is 0.312. The van der Waals surface area contributed by atoms with Gasteiger partial charge in [0.2, 0.25) is 5.75 Å². The van der Waals surface area contributed by atoms with E-state index in [2.05, 4.69) is 9.15 Å². The fourth-order valence-electron chi connectivity index (χ4n) is 0.474. The molecule has 1 aromatic heterocycles. The Morgan fingerprint density at radius 3 is 2.57 bits per heavy atom. The van der Waals surface area contributed by atoms with Gasteiger partial charge in [0, 0.05) is 0 Å². The first-order valence-corrected chi connectivity index (χ1v) is 1.86. The van der Waals surface area contributed by atoms with Crippen LogP contribution in [0.5, 0.6) is 17.4 Å². The second-order valence-corrected chi connectivity index (χ2v) is 1.34. The van der Waals surface area contributed by atoms with E-state index in [0.29, 0.717) is 11.5 Å². The van der Waals surface area contributed by atoms with Gasteiger partial charge in [0.1, 0.15) is 6.26 Å². The second kappa shape index (κ2) is 0.621. The largest absolute Gasteiger partial charge is 0.478 e. The van der Waals surface area contributed by atoms with Crippen molar-refractivity contribution < 1.29 is 14.3 Å². The summed E-state index contributed by atoms with van der Waals surface area (Å²) in [7, 11) is 0. The molecule has 0 radical (unpaired) electrons. The van der Waals surface area contributed by atoms with E-state index in [0.717, 1.165) is 0 Å². The summed E-state index contributed by atoms with van der Waals surface area (Å²) in [5.41, 5.74) is 0. The molecule has 1 aliphatic heterocycles. The van der Waals surface area contributed by atoms with Gasteiger partial charge in [-0.3, -0.25) is 0 Å². The number of ether oxygens (including phenoxy) is 1. The molecule has 2 rings (SSSR count). The van der Waals surface area contributed by atoms with Crippen LogP contribution in [0.2, 0.25) is 0 Å². The van der Waals surface area contributed by atoms with E-state index < -0.39 is 0 Å². The molecule has 0 aliphatic carbocycles. The maximum absolute atomic E-state index is 8.52. The summed E-state index contributed by atoms with van der Waals surface area (Å²) in [4.78, 5) is 0. The van der Waals surface area contributed by atoms with E-state index in [1.165, 1.54) is 6.26 Å². The van der Waals surface area contributed by atoms with Crippen LogP contribution in [-0.2, 0) is 0 Å². The molecule has 0 saturated carbocycles. The summed E-state index contributed by atoms with van der Waals surface area (Å²) in [5.74, 6) is 1.02. The van der Waals surface area contributed by atoms with Gasteiger partial charge >= 0.3 is 5.95 Å². The van der Waals surface area contributed by atoms with Gasteiger partial charge in [0.25, 0.3) is 5.75 Å². The fourth-order valence-corrected chi connectivity index (χ4v) is 0.474. The van der Waals surface area contributed by atoms with Crippen LogP contribution in [-0.4, -0.2) is 5.11 Å². The Hall–Kier alpha value is -1.12. The summed E-state index contributed by atoms with van der Waals surface area (Å²) in [6.07, 6.45) is 1.37. The molecule has 7 heavy (non-hydrogen) atoms. The highest BCUT2D eigenvalue weighted by atomic mass is 16.6. The van der Waals surface area contributed by atoms with Crippen molar-refractivity contribution in [2.24, 2.45) is 0 Å². The van der Waals surface area contributed by atoms with Gasteiger partial charge in [-0.15, -0.1) is 0 Å². The minimum Gasteiger partial charge on any atom is -0.478 e. The van der Waals surface area contributed by atoms with E-state index in [1.54, 1.807) is 0 Å². The SMILES string of the molecule is Oc1occ2c1O2. The van der Waals surface area contributed by atoms with Crippen molar-refractivity contribution in [3.8, 4) is 17.4 Å². The zero-order chi connectivity index (χ0) is 4.85. The van der Waals surface area contributed by atoms with Crippen LogP contribution in [0.3, 0.4) is 0 Å². The van der Waals surface area contributed by atoms with Gasteiger partial charge < -0.3 is 14.3 Å². The molecule has 36 valence electrons. The van der Waals surface area contributed by atoms with Gasteiger partial charge in [-0.1, -0.05) is 0 Å². The van der Waals surface area contributed by atoms with Crippen LogP contribution in [0.25, 0.3) is 0 Å². The monoisotopic (exact) mass is 98.0 g/mol. The first kappa shape index (κ1) is 2.96. The van der Waals surface area contributed by atoms with Gasteiger partial charge in [-0.2, -0.15) is 0 Å². The average molecular weight is 98.1 g/mol. The van der Waals surface area contributed by atoms with E-state index >= 15 is 0 Å². The van der Waals surface area contributed by atoms with Crippen molar-refractivity contribution in [2.45, 2.75) is 0 Å². The van der Waals surface area contributed by atoms with Crippen molar-refractivity contribution >= 4 is 0 Å². The molecule has 0 bridgehead atoms. The first-order valence-electron chi connectivity index (χ1n) is 1.86. The quantitative estimate of drug-likeness (QED) is 0.501. The topological polar surface area (TPSA) is 45.9 Å². The van der Waals surface area contributed by atoms with Crippen molar-refractivity contribution in [1.82, 2.24) is 0 Å². The summed E-state index contributed by atoms with van der Waals surface area (Å²) in [6, 6.07) is 0. The van der Waals surface area contributed by atoms with Crippen LogP contribution in [0.1, 0.15) is 0 Å². The Bertz CT molecular complexity index is 201. The fraction of sp³-hybridized carbons (Fsp3) is 0. The summed E-state index contributed by atoms with van der Waals surface area (Å²) < 4.78 is 9.09. The number of aromatic hydroxyl groups is 1. The molecule has 1 aromatic rings. The highest BCUT2D eigenvalue weighted by Crippen LogP contribution is 2.53. The Balaban J connectivity index is 2.76. The molecule has 3 heteroatoms. The molecule has 0 spiro atoms. The average Bonchev–Trinajstić information content (AvgIpc) is 2.33. The standard InChI is InChI=1S/C4H2O3/c5-4-3-2(7-3)1-6-4/h1,5H. The van der Waals surface area contributed by atoms with E-state index in [9.17, 15) is 0 Å². The van der Waals surface area contributed by atoms with Crippen molar-refractivity contribution in [3.05, 3.63) is 6.26 Å². The Kier molecular flexibility index (Phi) is 0.262. The number of furan rings is 1. The van der Waals surface area contributed by atoms with Crippen molar-refractivity contribution in [2.75, 3.05) is 0 Å². The normalized spacial score (nSPS) is 12.6. The Labute approximate surface area is 39.1 Å².